The van der Waals surface area contributed by atoms with E-state index in [0.717, 1.165) is 17.3 Å². The fraction of sp³-hybridized carbons (Fsp3) is 0.235. The molecule has 1 heterocycles. The van der Waals surface area contributed by atoms with Crippen molar-refractivity contribution in [1.82, 2.24) is 10.2 Å². The first kappa shape index (κ1) is 20.6. The number of nitrogens with zero attached hydrogens (tertiary/aromatic N) is 1. The van der Waals surface area contributed by atoms with Gasteiger partial charge in [-0.15, -0.1) is 0 Å². The highest BCUT2D eigenvalue weighted by atomic mass is 32.2. The first-order chi connectivity index (χ1) is 12.8. The van der Waals surface area contributed by atoms with Gasteiger partial charge in [0.05, 0.1) is 11.3 Å². The van der Waals surface area contributed by atoms with Gasteiger partial charge in [-0.3, -0.25) is 19.3 Å². The van der Waals surface area contributed by atoms with Crippen molar-refractivity contribution in [3.05, 3.63) is 40.8 Å². The predicted octanol–water partition coefficient (Wildman–Crippen LogP) is 0.723. The molecule has 2 rings (SSSR count). The van der Waals surface area contributed by atoms with Crippen molar-refractivity contribution in [2.24, 2.45) is 5.73 Å². The van der Waals surface area contributed by atoms with Crippen LogP contribution in [0.2, 0.25) is 0 Å². The van der Waals surface area contributed by atoms with Gasteiger partial charge in [0.15, 0.2) is 0 Å². The van der Waals surface area contributed by atoms with Crippen molar-refractivity contribution in [3.63, 3.8) is 0 Å². The molecule has 0 unspecified atom stereocenters. The molecule has 1 aromatic rings. The van der Waals surface area contributed by atoms with Crippen molar-refractivity contribution < 1.29 is 24.3 Å². The van der Waals surface area contributed by atoms with Crippen LogP contribution in [-0.4, -0.2) is 50.6 Å². The highest BCUT2D eigenvalue weighted by molar-refractivity contribution is 8.26. The lowest BCUT2D eigenvalue weighted by molar-refractivity contribution is -0.143. The van der Waals surface area contributed by atoms with Crippen LogP contribution in [0.15, 0.2) is 35.2 Å². The Morgan fingerprint density at radius 3 is 2.56 bits per heavy atom. The lowest BCUT2D eigenvalue weighted by Crippen LogP contribution is -2.44. The van der Waals surface area contributed by atoms with E-state index in [1.54, 1.807) is 6.08 Å². The molecule has 1 aliphatic rings. The maximum absolute atomic E-state index is 12.5. The lowest BCUT2D eigenvalue weighted by atomic mass is 10.2. The summed E-state index contributed by atoms with van der Waals surface area (Å²) < 4.78 is 0.321. The summed E-state index contributed by atoms with van der Waals surface area (Å²) in [6.45, 7) is 0.00550. The molecule has 1 saturated heterocycles. The normalized spacial score (nSPS) is 16.4. The Hall–Kier alpha value is -2.72. The molecular formula is C17H17N3O5S2. The average molecular weight is 407 g/mol. The fourth-order valence-corrected chi connectivity index (χ4v) is 3.58. The number of nitrogens with one attached hydrogen (secondary N) is 1. The summed E-state index contributed by atoms with van der Waals surface area (Å²) in [4.78, 5) is 48.1. The zero-order valence-electron chi connectivity index (χ0n) is 14.1. The first-order valence-electron chi connectivity index (χ1n) is 7.89. The van der Waals surface area contributed by atoms with Crippen LogP contribution in [-0.2, 0) is 19.2 Å². The number of aliphatic carboxylic acids is 1. The van der Waals surface area contributed by atoms with Gasteiger partial charge in [-0.1, -0.05) is 54.3 Å². The van der Waals surface area contributed by atoms with Gasteiger partial charge in [0, 0.05) is 13.0 Å². The van der Waals surface area contributed by atoms with Crippen molar-refractivity contribution >= 4 is 58.1 Å². The molecule has 10 heteroatoms. The third-order valence-electron chi connectivity index (χ3n) is 3.57. The second-order valence-electron chi connectivity index (χ2n) is 5.62. The Morgan fingerprint density at radius 1 is 1.30 bits per heavy atom. The number of carboxylic acid groups (broad SMARTS) is 1. The lowest BCUT2D eigenvalue weighted by Gasteiger charge is -2.16. The number of benzene rings is 1. The molecule has 1 atom stereocenters. The quantitative estimate of drug-likeness (QED) is 0.428. The molecule has 8 nitrogen and oxygen atoms in total. The van der Waals surface area contributed by atoms with E-state index < -0.39 is 30.2 Å². The van der Waals surface area contributed by atoms with Crippen molar-refractivity contribution in [3.8, 4) is 0 Å². The number of primary amides is 1. The zero-order valence-corrected chi connectivity index (χ0v) is 15.7. The number of hydrogen-bond donors (Lipinski definition) is 3. The molecule has 0 radical (unpaired) electrons. The third-order valence-corrected chi connectivity index (χ3v) is 4.95. The minimum absolute atomic E-state index is 0.00550. The molecule has 0 bridgehead atoms. The molecule has 1 aliphatic heterocycles. The van der Waals surface area contributed by atoms with Gasteiger partial charge in [-0.25, -0.2) is 4.79 Å². The third kappa shape index (κ3) is 5.90. The maximum Gasteiger partial charge on any atom is 0.326 e. The molecule has 27 heavy (non-hydrogen) atoms. The molecular weight excluding hydrogens is 390 g/mol. The van der Waals surface area contributed by atoms with E-state index in [1.165, 1.54) is 4.90 Å². The van der Waals surface area contributed by atoms with Crippen LogP contribution < -0.4 is 11.1 Å². The number of amides is 3. The van der Waals surface area contributed by atoms with Crippen molar-refractivity contribution in [2.75, 3.05) is 6.54 Å². The van der Waals surface area contributed by atoms with Crippen LogP contribution in [0.25, 0.3) is 6.08 Å². The van der Waals surface area contributed by atoms with Gasteiger partial charge in [-0.05, 0) is 11.6 Å². The van der Waals surface area contributed by atoms with Gasteiger partial charge in [0.25, 0.3) is 5.91 Å². The topological polar surface area (TPSA) is 130 Å². The van der Waals surface area contributed by atoms with E-state index in [9.17, 15) is 19.2 Å². The summed E-state index contributed by atoms with van der Waals surface area (Å²) in [5.74, 6) is -3.14. The molecule has 0 saturated carbocycles. The molecule has 4 N–H and O–H groups in total. The van der Waals surface area contributed by atoms with Gasteiger partial charge < -0.3 is 16.2 Å². The predicted molar refractivity (Wildman–Crippen MR) is 104 cm³/mol. The fourth-order valence-electron chi connectivity index (χ4n) is 2.27. The summed E-state index contributed by atoms with van der Waals surface area (Å²) in [5.41, 5.74) is 5.82. The Kier molecular flexibility index (Phi) is 7.08. The SMILES string of the molecule is NC(=O)C[C@H](NC(=O)CCN1C(=O)/C(=C\c2ccccc2)SC1=S)C(=O)O. The summed E-state index contributed by atoms with van der Waals surface area (Å²) >= 11 is 6.33. The summed E-state index contributed by atoms with van der Waals surface area (Å²) in [7, 11) is 0. The number of nitrogens with two attached hydrogens (primary N) is 1. The molecule has 0 aromatic heterocycles. The zero-order chi connectivity index (χ0) is 20.0. The summed E-state index contributed by atoms with van der Waals surface area (Å²) in [6.07, 6.45) is 1.04. The van der Waals surface area contributed by atoms with E-state index in [2.05, 4.69) is 5.32 Å². The van der Waals surface area contributed by atoms with Crippen LogP contribution in [0, 0.1) is 0 Å². The smallest absolute Gasteiger partial charge is 0.326 e. The van der Waals surface area contributed by atoms with E-state index >= 15 is 0 Å². The second kappa shape index (κ2) is 9.28. The van der Waals surface area contributed by atoms with Crippen LogP contribution >= 0.6 is 24.0 Å². The van der Waals surface area contributed by atoms with Crippen LogP contribution in [0.5, 0.6) is 0 Å². The average Bonchev–Trinajstić information content (AvgIpc) is 2.86. The van der Waals surface area contributed by atoms with E-state index in [4.69, 9.17) is 23.1 Å². The second-order valence-corrected chi connectivity index (χ2v) is 7.30. The number of carboxylic acids is 1. The van der Waals surface area contributed by atoms with E-state index in [1.807, 2.05) is 30.3 Å². The molecule has 142 valence electrons. The van der Waals surface area contributed by atoms with Crippen LogP contribution in [0.3, 0.4) is 0 Å². The Balaban J connectivity index is 1.95. The maximum atomic E-state index is 12.5. The van der Waals surface area contributed by atoms with E-state index in [-0.39, 0.29) is 18.9 Å². The van der Waals surface area contributed by atoms with Crippen molar-refractivity contribution in [1.29, 1.82) is 0 Å². The minimum atomic E-state index is -1.40. The largest absolute Gasteiger partial charge is 0.480 e. The summed E-state index contributed by atoms with van der Waals surface area (Å²) in [6, 6.07) is 7.86. The standard InChI is InChI=1S/C17H17N3O5S2/c18-13(21)9-11(16(24)25)19-14(22)6-7-20-15(23)12(27-17(20)26)8-10-4-2-1-3-5-10/h1-5,8,11H,6-7,9H2,(H2,18,21)(H,19,22)(H,24,25)/b12-8+/t11-/m0/s1. The van der Waals surface area contributed by atoms with E-state index in [0.29, 0.717) is 9.23 Å². The number of carbonyl (C=O) groups excluding carboxylic acids is 3. The van der Waals surface area contributed by atoms with Gasteiger partial charge in [0.2, 0.25) is 11.8 Å². The number of thioether (sulfide) groups is 1. The van der Waals surface area contributed by atoms with Gasteiger partial charge in [0.1, 0.15) is 10.4 Å². The molecule has 0 aliphatic carbocycles. The summed E-state index contributed by atoms with van der Waals surface area (Å²) in [5, 5.41) is 11.2. The number of hydrogen-bond acceptors (Lipinski definition) is 6. The number of thiocarbonyl (C=S) groups is 1. The number of rotatable bonds is 8. The Morgan fingerprint density at radius 2 is 1.96 bits per heavy atom. The van der Waals surface area contributed by atoms with Crippen LogP contribution in [0.4, 0.5) is 0 Å². The first-order valence-corrected chi connectivity index (χ1v) is 9.11. The highest BCUT2D eigenvalue weighted by Crippen LogP contribution is 2.32. The van der Waals surface area contributed by atoms with Crippen molar-refractivity contribution in [2.45, 2.75) is 18.9 Å². The molecule has 3 amide bonds. The number of carbonyl (C=O) groups is 4. The Bertz CT molecular complexity index is 810. The van der Waals surface area contributed by atoms with Crippen LogP contribution in [0.1, 0.15) is 18.4 Å². The molecule has 1 aromatic carbocycles. The monoisotopic (exact) mass is 407 g/mol. The molecule has 1 fully saturated rings. The molecule has 0 spiro atoms. The highest BCUT2D eigenvalue weighted by Gasteiger charge is 2.32. The van der Waals surface area contributed by atoms with Gasteiger partial charge in [-0.2, -0.15) is 0 Å². The van der Waals surface area contributed by atoms with Gasteiger partial charge >= 0.3 is 5.97 Å². The Labute approximate surface area is 164 Å². The minimum Gasteiger partial charge on any atom is -0.480 e.